The van der Waals surface area contributed by atoms with Crippen LogP contribution in [-0.2, 0) is 0 Å². The number of hydrogen-bond donors (Lipinski definition) is 2. The Morgan fingerprint density at radius 1 is 1.03 bits per heavy atom. The van der Waals surface area contributed by atoms with E-state index in [4.69, 9.17) is 10.5 Å². The molecule has 6 nitrogen and oxygen atoms in total. The number of aromatic nitrogens is 1. The first-order chi connectivity index (χ1) is 14.5. The van der Waals surface area contributed by atoms with E-state index in [1.165, 1.54) is 37.3 Å². The second kappa shape index (κ2) is 8.46. The largest absolute Gasteiger partial charge is 0.573 e. The normalized spacial score (nSPS) is 11.2. The molecule has 0 fully saturated rings. The fourth-order valence-corrected chi connectivity index (χ4v) is 2.48. The summed E-state index contributed by atoms with van der Waals surface area (Å²) in [6, 6.07) is 9.70. The highest BCUT2D eigenvalue weighted by atomic mass is 19.4. The summed E-state index contributed by atoms with van der Waals surface area (Å²) in [5.74, 6) is -3.72. The number of nitrogens with zero attached hydrogens (tertiary/aromatic N) is 1. The molecule has 0 bridgehead atoms. The monoisotopic (exact) mass is 439 g/mol. The first kappa shape index (κ1) is 21.8. The van der Waals surface area contributed by atoms with Gasteiger partial charge in [-0.1, -0.05) is 0 Å². The van der Waals surface area contributed by atoms with Crippen molar-refractivity contribution in [2.45, 2.75) is 13.3 Å². The van der Waals surface area contributed by atoms with Crippen LogP contribution in [0.1, 0.15) is 15.9 Å². The highest BCUT2D eigenvalue weighted by Crippen LogP contribution is 2.30. The molecule has 1 amide bonds. The number of alkyl halides is 3. The summed E-state index contributed by atoms with van der Waals surface area (Å²) in [7, 11) is 0. The van der Waals surface area contributed by atoms with Crippen LogP contribution in [0.4, 0.5) is 33.5 Å². The molecule has 0 saturated carbocycles. The van der Waals surface area contributed by atoms with Gasteiger partial charge >= 0.3 is 6.36 Å². The fraction of sp³-hybridized carbons (Fsp3) is 0.100. The maximum Gasteiger partial charge on any atom is 0.573 e. The highest BCUT2D eigenvalue weighted by molar-refractivity contribution is 6.07. The van der Waals surface area contributed by atoms with Crippen molar-refractivity contribution in [3.05, 3.63) is 71.4 Å². The van der Waals surface area contributed by atoms with Gasteiger partial charge < -0.3 is 20.5 Å². The number of amides is 1. The summed E-state index contributed by atoms with van der Waals surface area (Å²) in [5.41, 5.74) is 6.07. The number of carbonyl (C=O) groups excluding carboxylic acids is 1. The molecule has 0 unspecified atom stereocenters. The fourth-order valence-electron chi connectivity index (χ4n) is 2.48. The van der Waals surface area contributed by atoms with E-state index in [2.05, 4.69) is 15.0 Å². The Hall–Kier alpha value is -3.89. The summed E-state index contributed by atoms with van der Waals surface area (Å²) in [6.07, 6.45) is -5.02. The van der Waals surface area contributed by atoms with E-state index < -0.39 is 29.8 Å². The number of hydrogen-bond acceptors (Lipinski definition) is 5. The quantitative estimate of drug-likeness (QED) is 0.422. The molecule has 3 aromatic rings. The second-order valence-corrected chi connectivity index (χ2v) is 6.25. The number of carbonyl (C=O) groups is 1. The maximum absolute atomic E-state index is 13.7. The van der Waals surface area contributed by atoms with Gasteiger partial charge in [0.05, 0.1) is 5.56 Å². The maximum atomic E-state index is 13.7. The smallest absolute Gasteiger partial charge is 0.457 e. The number of benzene rings is 2. The van der Waals surface area contributed by atoms with Crippen LogP contribution in [0.2, 0.25) is 0 Å². The minimum absolute atomic E-state index is 0.00383. The average Bonchev–Trinajstić information content (AvgIpc) is 2.67. The molecular weight excluding hydrogens is 425 g/mol. The number of nitrogens with two attached hydrogens (primary N) is 1. The third-order valence-electron chi connectivity index (χ3n) is 3.90. The van der Waals surface area contributed by atoms with Crippen molar-refractivity contribution in [1.82, 2.24) is 4.98 Å². The lowest BCUT2D eigenvalue weighted by Crippen LogP contribution is -2.17. The van der Waals surface area contributed by atoms with Crippen LogP contribution in [0, 0.1) is 18.7 Å². The van der Waals surface area contributed by atoms with Gasteiger partial charge in [0.25, 0.3) is 5.91 Å². The summed E-state index contributed by atoms with van der Waals surface area (Å²) in [6.45, 7) is 1.44. The van der Waals surface area contributed by atoms with E-state index in [0.29, 0.717) is 5.69 Å². The molecule has 0 atom stereocenters. The van der Waals surface area contributed by atoms with Gasteiger partial charge in [-0.05, 0) is 49.4 Å². The Balaban J connectivity index is 1.67. The molecule has 11 heteroatoms. The minimum atomic E-state index is -5.02. The van der Waals surface area contributed by atoms with Crippen molar-refractivity contribution in [2.75, 3.05) is 11.1 Å². The van der Waals surface area contributed by atoms with E-state index >= 15 is 0 Å². The van der Waals surface area contributed by atoms with Crippen LogP contribution < -0.4 is 20.5 Å². The third-order valence-corrected chi connectivity index (χ3v) is 3.90. The topological polar surface area (TPSA) is 86.5 Å². The van der Waals surface area contributed by atoms with Crippen LogP contribution >= 0.6 is 0 Å². The Kier molecular flexibility index (Phi) is 5.95. The number of nitrogen functional groups attached to an aromatic ring is 1. The van der Waals surface area contributed by atoms with Crippen LogP contribution in [0.25, 0.3) is 0 Å². The van der Waals surface area contributed by atoms with E-state index in [1.807, 2.05) is 0 Å². The molecule has 1 aromatic heterocycles. The predicted octanol–water partition coefficient (Wildman–Crippen LogP) is 5.19. The van der Waals surface area contributed by atoms with Crippen molar-refractivity contribution in [1.29, 1.82) is 0 Å². The van der Waals surface area contributed by atoms with Gasteiger partial charge in [0.2, 0.25) is 5.95 Å². The van der Waals surface area contributed by atoms with Crippen molar-refractivity contribution in [3.8, 4) is 17.2 Å². The van der Waals surface area contributed by atoms with Crippen LogP contribution in [0.3, 0.4) is 0 Å². The lowest BCUT2D eigenvalue weighted by Gasteiger charge is -2.12. The molecule has 3 N–H and O–H groups in total. The standard InChI is InChI=1S/C20H14F5N3O3/c1-10-8-14(18(26)28-17(10)22)19(29)27-11-2-4-12(5-3-11)30-13-6-7-16(15(21)9-13)31-20(23,24)25/h2-9H,1H3,(H2,26,28)(H,27,29). The number of rotatable bonds is 5. The Morgan fingerprint density at radius 3 is 2.29 bits per heavy atom. The highest BCUT2D eigenvalue weighted by Gasteiger charge is 2.32. The van der Waals surface area contributed by atoms with Crippen molar-refractivity contribution in [3.63, 3.8) is 0 Å². The van der Waals surface area contributed by atoms with Gasteiger partial charge in [-0.3, -0.25) is 4.79 Å². The van der Waals surface area contributed by atoms with Gasteiger partial charge in [0, 0.05) is 17.3 Å². The van der Waals surface area contributed by atoms with E-state index in [1.54, 1.807) is 0 Å². The van der Waals surface area contributed by atoms with Gasteiger partial charge in [0.15, 0.2) is 11.6 Å². The first-order valence-electron chi connectivity index (χ1n) is 8.59. The molecule has 31 heavy (non-hydrogen) atoms. The molecule has 0 radical (unpaired) electrons. The zero-order valence-electron chi connectivity index (χ0n) is 15.8. The van der Waals surface area contributed by atoms with Gasteiger partial charge in [-0.2, -0.15) is 4.39 Å². The van der Waals surface area contributed by atoms with Crippen LogP contribution in [0.15, 0.2) is 48.5 Å². The van der Waals surface area contributed by atoms with E-state index in [9.17, 15) is 26.7 Å². The summed E-state index contributed by atoms with van der Waals surface area (Å²) in [4.78, 5) is 15.8. The van der Waals surface area contributed by atoms with Crippen molar-refractivity contribution >= 4 is 17.4 Å². The zero-order chi connectivity index (χ0) is 22.8. The lowest BCUT2D eigenvalue weighted by molar-refractivity contribution is -0.275. The van der Waals surface area contributed by atoms with Crippen molar-refractivity contribution < 1.29 is 36.2 Å². The molecular formula is C20H14F5N3O3. The molecule has 0 spiro atoms. The molecule has 0 aliphatic carbocycles. The average molecular weight is 439 g/mol. The Morgan fingerprint density at radius 2 is 1.68 bits per heavy atom. The number of halogens is 5. The number of anilines is 2. The van der Waals surface area contributed by atoms with Crippen LogP contribution in [-0.4, -0.2) is 17.3 Å². The van der Waals surface area contributed by atoms with E-state index in [-0.39, 0.29) is 28.4 Å². The molecule has 1 heterocycles. The number of aryl methyl sites for hydroxylation is 1. The molecule has 0 saturated heterocycles. The summed E-state index contributed by atoms with van der Waals surface area (Å²) >= 11 is 0. The number of ether oxygens (including phenoxy) is 2. The Labute approximate surface area is 172 Å². The second-order valence-electron chi connectivity index (χ2n) is 6.25. The van der Waals surface area contributed by atoms with Gasteiger partial charge in [-0.25, -0.2) is 9.37 Å². The SMILES string of the molecule is Cc1cc(C(=O)Nc2ccc(Oc3ccc(OC(F)(F)F)c(F)c3)cc2)c(N)nc1F. The van der Waals surface area contributed by atoms with Gasteiger partial charge in [-0.15, -0.1) is 13.2 Å². The molecule has 0 aliphatic heterocycles. The van der Waals surface area contributed by atoms with Crippen LogP contribution in [0.5, 0.6) is 17.2 Å². The molecule has 162 valence electrons. The Bertz CT molecular complexity index is 1120. The number of nitrogens with one attached hydrogen (secondary N) is 1. The summed E-state index contributed by atoms with van der Waals surface area (Å²) in [5, 5.41) is 2.56. The summed E-state index contributed by atoms with van der Waals surface area (Å²) < 4.78 is 72.6. The van der Waals surface area contributed by atoms with Gasteiger partial charge in [0.1, 0.15) is 17.3 Å². The predicted molar refractivity (Wildman–Crippen MR) is 101 cm³/mol. The molecule has 0 aliphatic rings. The number of pyridine rings is 1. The third kappa shape index (κ3) is 5.59. The van der Waals surface area contributed by atoms with E-state index in [0.717, 1.165) is 18.2 Å². The van der Waals surface area contributed by atoms with Crippen molar-refractivity contribution in [2.24, 2.45) is 0 Å². The first-order valence-corrected chi connectivity index (χ1v) is 8.59. The lowest BCUT2D eigenvalue weighted by atomic mass is 10.1. The molecule has 2 aromatic carbocycles. The zero-order valence-corrected chi connectivity index (χ0v) is 15.8. The minimum Gasteiger partial charge on any atom is -0.457 e. The molecule has 3 rings (SSSR count).